The molecule has 0 bridgehead atoms. The molecule has 114 valence electrons. The van der Waals surface area contributed by atoms with E-state index in [4.69, 9.17) is 4.74 Å². The Hall–Kier alpha value is -0.160. The van der Waals surface area contributed by atoms with Crippen molar-refractivity contribution in [3.63, 3.8) is 0 Å². The van der Waals surface area contributed by atoms with Crippen molar-refractivity contribution in [1.29, 1.82) is 0 Å². The molecule has 0 saturated carbocycles. The van der Waals surface area contributed by atoms with E-state index in [1.807, 2.05) is 0 Å². The summed E-state index contributed by atoms with van der Waals surface area (Å²) >= 11 is 0. The van der Waals surface area contributed by atoms with Crippen molar-refractivity contribution in [3.8, 4) is 0 Å². The fourth-order valence-corrected chi connectivity index (χ4v) is 2.55. The summed E-state index contributed by atoms with van der Waals surface area (Å²) in [5.41, 5.74) is 0. The average molecular weight is 271 g/mol. The predicted octanol–water partition coefficient (Wildman–Crippen LogP) is 1.42. The molecular weight excluding hydrogens is 238 g/mol. The molecule has 0 aromatic carbocycles. The molecule has 1 fully saturated rings. The molecule has 0 amide bonds. The van der Waals surface area contributed by atoms with E-state index in [-0.39, 0.29) is 0 Å². The Morgan fingerprint density at radius 1 is 1.11 bits per heavy atom. The Morgan fingerprint density at radius 2 is 1.79 bits per heavy atom. The molecule has 4 heteroatoms. The van der Waals surface area contributed by atoms with Crippen LogP contribution in [-0.4, -0.2) is 74.9 Å². The molecular formula is C15H33N3O. The van der Waals surface area contributed by atoms with Crippen LogP contribution >= 0.6 is 0 Å². The SMILES string of the molecule is CCCCOCCNCCN1CC(C)N(C)C(C)C1. The van der Waals surface area contributed by atoms with Crippen LogP contribution in [0.5, 0.6) is 0 Å². The number of hydrogen-bond donors (Lipinski definition) is 1. The van der Waals surface area contributed by atoms with Gasteiger partial charge >= 0.3 is 0 Å². The molecule has 4 nitrogen and oxygen atoms in total. The van der Waals surface area contributed by atoms with Gasteiger partial charge in [0.1, 0.15) is 0 Å². The van der Waals surface area contributed by atoms with Crippen LogP contribution in [0.2, 0.25) is 0 Å². The first-order valence-corrected chi connectivity index (χ1v) is 7.88. The lowest BCUT2D eigenvalue weighted by molar-refractivity contribution is 0.0602. The Labute approximate surface area is 119 Å². The molecule has 0 radical (unpaired) electrons. The molecule has 1 rings (SSSR count). The zero-order chi connectivity index (χ0) is 14.1. The van der Waals surface area contributed by atoms with E-state index in [1.54, 1.807) is 0 Å². The number of ether oxygens (including phenoxy) is 1. The highest BCUT2D eigenvalue weighted by atomic mass is 16.5. The van der Waals surface area contributed by atoms with Crippen molar-refractivity contribution < 1.29 is 4.74 Å². The van der Waals surface area contributed by atoms with Crippen molar-refractivity contribution in [2.75, 3.05) is 53.0 Å². The third-order valence-corrected chi connectivity index (χ3v) is 4.11. The molecule has 19 heavy (non-hydrogen) atoms. The van der Waals surface area contributed by atoms with Crippen molar-refractivity contribution in [2.24, 2.45) is 0 Å². The van der Waals surface area contributed by atoms with Crippen LogP contribution in [-0.2, 0) is 4.74 Å². The number of unbranched alkanes of at least 4 members (excludes halogenated alkanes) is 1. The van der Waals surface area contributed by atoms with Crippen LogP contribution in [0.4, 0.5) is 0 Å². The number of nitrogens with zero attached hydrogens (tertiary/aromatic N) is 2. The van der Waals surface area contributed by atoms with Gasteiger partial charge in [0, 0.05) is 51.4 Å². The van der Waals surface area contributed by atoms with Crippen LogP contribution in [0.25, 0.3) is 0 Å². The van der Waals surface area contributed by atoms with Gasteiger partial charge in [0.25, 0.3) is 0 Å². The topological polar surface area (TPSA) is 27.7 Å². The first-order chi connectivity index (χ1) is 9.15. The minimum Gasteiger partial charge on any atom is -0.380 e. The van der Waals surface area contributed by atoms with Crippen molar-refractivity contribution in [3.05, 3.63) is 0 Å². The van der Waals surface area contributed by atoms with Crippen molar-refractivity contribution in [2.45, 2.75) is 45.7 Å². The fraction of sp³-hybridized carbons (Fsp3) is 1.00. The van der Waals surface area contributed by atoms with E-state index >= 15 is 0 Å². The second-order valence-electron chi connectivity index (χ2n) is 5.84. The summed E-state index contributed by atoms with van der Waals surface area (Å²) < 4.78 is 5.53. The lowest BCUT2D eigenvalue weighted by Crippen LogP contribution is -2.55. The highest BCUT2D eigenvalue weighted by Crippen LogP contribution is 2.12. The van der Waals surface area contributed by atoms with Crippen LogP contribution in [0, 0.1) is 0 Å². The van der Waals surface area contributed by atoms with E-state index in [0.717, 1.165) is 32.8 Å². The molecule has 0 aliphatic carbocycles. The lowest BCUT2D eigenvalue weighted by atomic mass is 10.1. The number of piperazine rings is 1. The van der Waals surface area contributed by atoms with Crippen molar-refractivity contribution >= 4 is 0 Å². The maximum absolute atomic E-state index is 5.53. The second kappa shape index (κ2) is 9.70. The van der Waals surface area contributed by atoms with E-state index in [9.17, 15) is 0 Å². The van der Waals surface area contributed by atoms with Gasteiger partial charge in [0.2, 0.25) is 0 Å². The van der Waals surface area contributed by atoms with Gasteiger partial charge in [-0.25, -0.2) is 0 Å². The van der Waals surface area contributed by atoms with Gasteiger partial charge in [-0.2, -0.15) is 0 Å². The molecule has 1 aliphatic rings. The van der Waals surface area contributed by atoms with E-state index in [0.29, 0.717) is 12.1 Å². The summed E-state index contributed by atoms with van der Waals surface area (Å²) in [4.78, 5) is 5.05. The monoisotopic (exact) mass is 271 g/mol. The van der Waals surface area contributed by atoms with Crippen LogP contribution in [0.1, 0.15) is 33.6 Å². The maximum Gasteiger partial charge on any atom is 0.0590 e. The Bertz CT molecular complexity index is 213. The normalized spacial score (nSPS) is 25.9. The number of rotatable bonds is 9. The van der Waals surface area contributed by atoms with Gasteiger partial charge in [-0.1, -0.05) is 13.3 Å². The largest absolute Gasteiger partial charge is 0.380 e. The summed E-state index contributed by atoms with van der Waals surface area (Å²) in [5, 5.41) is 3.47. The Balaban J connectivity index is 1.98. The summed E-state index contributed by atoms with van der Waals surface area (Å²) in [5.74, 6) is 0. The van der Waals surface area contributed by atoms with E-state index in [1.165, 1.54) is 25.9 Å². The first-order valence-electron chi connectivity index (χ1n) is 7.88. The molecule has 0 spiro atoms. The smallest absolute Gasteiger partial charge is 0.0590 e. The predicted molar refractivity (Wildman–Crippen MR) is 81.7 cm³/mol. The zero-order valence-corrected chi connectivity index (χ0v) is 13.3. The summed E-state index contributed by atoms with van der Waals surface area (Å²) in [7, 11) is 2.23. The number of hydrogen-bond acceptors (Lipinski definition) is 4. The molecule has 2 atom stereocenters. The maximum atomic E-state index is 5.53. The van der Waals surface area contributed by atoms with Crippen LogP contribution in [0.15, 0.2) is 0 Å². The van der Waals surface area contributed by atoms with Gasteiger partial charge in [0.15, 0.2) is 0 Å². The van der Waals surface area contributed by atoms with Crippen LogP contribution in [0.3, 0.4) is 0 Å². The minimum absolute atomic E-state index is 0.668. The van der Waals surface area contributed by atoms with Gasteiger partial charge in [-0.3, -0.25) is 9.80 Å². The summed E-state index contributed by atoms with van der Waals surface area (Å²) in [6.45, 7) is 14.2. The van der Waals surface area contributed by atoms with Crippen molar-refractivity contribution in [1.82, 2.24) is 15.1 Å². The van der Waals surface area contributed by atoms with Gasteiger partial charge in [0.05, 0.1) is 6.61 Å². The molecule has 0 aromatic heterocycles. The van der Waals surface area contributed by atoms with Gasteiger partial charge in [-0.05, 0) is 27.3 Å². The average Bonchev–Trinajstić information content (AvgIpc) is 2.39. The highest BCUT2D eigenvalue weighted by molar-refractivity contribution is 4.82. The van der Waals surface area contributed by atoms with Crippen LogP contribution < -0.4 is 5.32 Å². The third-order valence-electron chi connectivity index (χ3n) is 4.11. The minimum atomic E-state index is 0.668. The quantitative estimate of drug-likeness (QED) is 0.642. The highest BCUT2D eigenvalue weighted by Gasteiger charge is 2.25. The van der Waals surface area contributed by atoms with E-state index < -0.39 is 0 Å². The molecule has 1 N–H and O–H groups in total. The summed E-state index contributed by atoms with van der Waals surface area (Å²) in [6, 6.07) is 1.34. The van der Waals surface area contributed by atoms with Gasteiger partial charge < -0.3 is 10.1 Å². The molecule has 0 aromatic rings. The molecule has 1 aliphatic heterocycles. The number of likely N-dealkylation sites (N-methyl/N-ethyl adjacent to an activating group) is 1. The Kier molecular flexibility index (Phi) is 8.62. The standard InChI is InChI=1S/C15H33N3O/c1-5-6-10-19-11-8-16-7-9-18-12-14(2)17(4)15(3)13-18/h14-16H,5-13H2,1-4H3. The second-order valence-corrected chi connectivity index (χ2v) is 5.84. The fourth-order valence-electron chi connectivity index (χ4n) is 2.55. The molecule has 2 unspecified atom stereocenters. The number of nitrogens with one attached hydrogen (secondary N) is 1. The van der Waals surface area contributed by atoms with E-state index in [2.05, 4.69) is 42.9 Å². The summed E-state index contributed by atoms with van der Waals surface area (Å²) in [6.07, 6.45) is 2.39. The Morgan fingerprint density at radius 3 is 2.42 bits per heavy atom. The van der Waals surface area contributed by atoms with Gasteiger partial charge in [-0.15, -0.1) is 0 Å². The zero-order valence-electron chi connectivity index (χ0n) is 13.3. The molecule has 1 saturated heterocycles. The molecule has 1 heterocycles. The first kappa shape index (κ1) is 16.9. The lowest BCUT2D eigenvalue weighted by Gasteiger charge is -2.42. The third kappa shape index (κ3) is 6.70.